The van der Waals surface area contributed by atoms with E-state index < -0.39 is 84.9 Å². The second-order valence-corrected chi connectivity index (χ2v) is 11.3. The van der Waals surface area contributed by atoms with Crippen LogP contribution in [-0.4, -0.2) is 78.1 Å². The van der Waals surface area contributed by atoms with Crippen molar-refractivity contribution < 1.29 is 50.9 Å². The SMILES string of the molecule is COC[C@H](c1ccc(O)c(NC(=O)[C@@H](NC(=O)OC(C)(C)C)C2CCC(F)(F)CC2)c1)N1C[C@@H](C(F)(F)F)NC1=O. The number of benzene rings is 1. The number of urea groups is 1. The molecule has 230 valence electrons. The molecule has 4 N–H and O–H groups in total. The lowest BCUT2D eigenvalue weighted by Crippen LogP contribution is -2.51. The zero-order chi connectivity index (χ0) is 30.8. The summed E-state index contributed by atoms with van der Waals surface area (Å²) in [6.45, 7) is 3.95. The van der Waals surface area contributed by atoms with Crippen molar-refractivity contribution in [2.45, 2.75) is 82.3 Å². The van der Waals surface area contributed by atoms with E-state index >= 15 is 0 Å². The van der Waals surface area contributed by atoms with Crippen molar-refractivity contribution in [2.24, 2.45) is 5.92 Å². The quantitative estimate of drug-likeness (QED) is 0.255. The van der Waals surface area contributed by atoms with Crippen LogP contribution in [0.2, 0.25) is 0 Å². The first-order valence-electron chi connectivity index (χ1n) is 13.0. The summed E-state index contributed by atoms with van der Waals surface area (Å²) in [6, 6.07) is -1.56. The predicted molar refractivity (Wildman–Crippen MR) is 136 cm³/mol. The molecule has 1 aliphatic carbocycles. The number of halogens is 5. The third-order valence-corrected chi connectivity index (χ3v) is 6.88. The summed E-state index contributed by atoms with van der Waals surface area (Å²) >= 11 is 0. The summed E-state index contributed by atoms with van der Waals surface area (Å²) in [7, 11) is 1.30. The zero-order valence-electron chi connectivity index (χ0n) is 23.1. The van der Waals surface area contributed by atoms with E-state index in [1.165, 1.54) is 25.3 Å². The standard InChI is InChI=1S/C26H35F5N4O6/c1-24(2,3)41-23(39)34-20(14-7-9-25(27,28)10-8-14)21(37)32-16-11-15(5-6-18(16)36)17(13-40-4)35-12-19(26(29,30)31)33-22(35)38/h5-6,11,14,17,19-20,36H,7-10,12-13H2,1-4H3,(H,32,37)(H,33,38)(H,34,39)/t17-,19+,20+/m1/s1. The lowest BCUT2D eigenvalue weighted by molar-refractivity contribution is -0.150. The highest BCUT2D eigenvalue weighted by atomic mass is 19.4. The van der Waals surface area contributed by atoms with Gasteiger partial charge in [0, 0.05) is 20.0 Å². The molecule has 10 nitrogen and oxygen atoms in total. The Morgan fingerprint density at radius 2 is 1.83 bits per heavy atom. The smallest absolute Gasteiger partial charge is 0.410 e. The number of carbonyl (C=O) groups excluding carboxylic acids is 3. The molecule has 1 aromatic rings. The predicted octanol–water partition coefficient (Wildman–Crippen LogP) is 4.69. The molecule has 2 fully saturated rings. The van der Waals surface area contributed by atoms with E-state index in [1.807, 2.05) is 5.32 Å². The Kier molecular flexibility index (Phi) is 9.61. The molecular formula is C26H35F5N4O6. The van der Waals surface area contributed by atoms with E-state index in [2.05, 4.69) is 10.6 Å². The number of aromatic hydroxyl groups is 1. The van der Waals surface area contributed by atoms with Crippen LogP contribution in [-0.2, 0) is 14.3 Å². The van der Waals surface area contributed by atoms with Gasteiger partial charge in [-0.05, 0) is 57.2 Å². The van der Waals surface area contributed by atoms with Crippen molar-refractivity contribution in [3.05, 3.63) is 23.8 Å². The van der Waals surface area contributed by atoms with E-state index in [9.17, 15) is 41.4 Å². The van der Waals surface area contributed by atoms with Crippen molar-refractivity contribution in [3.63, 3.8) is 0 Å². The first kappa shape index (κ1) is 32.2. The number of alkyl halides is 5. The van der Waals surface area contributed by atoms with E-state index in [-0.39, 0.29) is 30.7 Å². The van der Waals surface area contributed by atoms with Crippen LogP contribution in [0.15, 0.2) is 18.2 Å². The Balaban J connectivity index is 1.85. The minimum atomic E-state index is -4.67. The fourth-order valence-electron chi connectivity index (χ4n) is 4.83. The monoisotopic (exact) mass is 594 g/mol. The van der Waals surface area contributed by atoms with Crippen LogP contribution in [0, 0.1) is 5.92 Å². The minimum Gasteiger partial charge on any atom is -0.506 e. The third kappa shape index (κ3) is 8.57. The molecular weight excluding hydrogens is 559 g/mol. The lowest BCUT2D eigenvalue weighted by atomic mass is 9.81. The van der Waals surface area contributed by atoms with Crippen molar-refractivity contribution in [2.75, 3.05) is 25.6 Å². The highest BCUT2D eigenvalue weighted by Crippen LogP contribution is 2.38. The number of phenols is 1. The molecule has 1 aliphatic heterocycles. The van der Waals surface area contributed by atoms with Gasteiger partial charge in [0.15, 0.2) is 0 Å². The Morgan fingerprint density at radius 1 is 1.20 bits per heavy atom. The first-order chi connectivity index (χ1) is 18.9. The summed E-state index contributed by atoms with van der Waals surface area (Å²) in [6.07, 6.45) is -6.69. The topological polar surface area (TPSA) is 129 Å². The van der Waals surface area contributed by atoms with Gasteiger partial charge in [0.1, 0.15) is 23.4 Å². The van der Waals surface area contributed by atoms with Crippen LogP contribution in [0.5, 0.6) is 5.75 Å². The Bertz CT molecular complexity index is 1120. The van der Waals surface area contributed by atoms with Crippen LogP contribution in [0.4, 0.5) is 37.2 Å². The number of nitrogens with zero attached hydrogens (tertiary/aromatic N) is 1. The molecule has 1 saturated carbocycles. The second kappa shape index (κ2) is 12.2. The van der Waals surface area contributed by atoms with Crippen LogP contribution in [0.3, 0.4) is 0 Å². The van der Waals surface area contributed by atoms with Gasteiger partial charge in [-0.25, -0.2) is 18.4 Å². The molecule has 3 rings (SSSR count). The number of rotatable bonds is 8. The van der Waals surface area contributed by atoms with Crippen molar-refractivity contribution in [3.8, 4) is 5.75 Å². The van der Waals surface area contributed by atoms with Gasteiger partial charge in [0.25, 0.3) is 0 Å². The fourth-order valence-corrected chi connectivity index (χ4v) is 4.83. The van der Waals surface area contributed by atoms with Gasteiger partial charge in [-0.15, -0.1) is 0 Å². The van der Waals surface area contributed by atoms with E-state index in [0.29, 0.717) is 0 Å². The lowest BCUT2D eigenvalue weighted by Gasteiger charge is -2.34. The molecule has 15 heteroatoms. The normalized spacial score (nSPS) is 21.1. The molecule has 0 unspecified atom stereocenters. The molecule has 0 radical (unpaired) electrons. The van der Waals surface area contributed by atoms with E-state index in [1.54, 1.807) is 20.8 Å². The number of amides is 4. The number of hydrogen-bond donors (Lipinski definition) is 4. The molecule has 0 spiro atoms. The molecule has 1 saturated heterocycles. The summed E-state index contributed by atoms with van der Waals surface area (Å²) in [5.74, 6) is -4.79. The van der Waals surface area contributed by atoms with Gasteiger partial charge in [-0.1, -0.05) is 6.07 Å². The molecule has 1 aromatic carbocycles. The highest BCUT2D eigenvalue weighted by Gasteiger charge is 2.48. The van der Waals surface area contributed by atoms with Gasteiger partial charge in [0.2, 0.25) is 11.8 Å². The largest absolute Gasteiger partial charge is 0.506 e. The maximum Gasteiger partial charge on any atom is 0.410 e. The van der Waals surface area contributed by atoms with Crippen LogP contribution < -0.4 is 16.0 Å². The van der Waals surface area contributed by atoms with Crippen molar-refractivity contribution >= 4 is 23.7 Å². The first-order valence-corrected chi connectivity index (χ1v) is 13.0. The van der Waals surface area contributed by atoms with E-state index in [4.69, 9.17) is 9.47 Å². The Hall–Kier alpha value is -3.36. The average Bonchev–Trinajstić information content (AvgIpc) is 3.23. The van der Waals surface area contributed by atoms with E-state index in [0.717, 1.165) is 4.90 Å². The Labute approximate surface area is 233 Å². The van der Waals surface area contributed by atoms with Gasteiger partial charge in [-0.3, -0.25) is 4.79 Å². The number of ether oxygens (including phenoxy) is 2. The third-order valence-electron chi connectivity index (χ3n) is 6.88. The summed E-state index contributed by atoms with van der Waals surface area (Å²) < 4.78 is 77.7. The van der Waals surface area contributed by atoms with Crippen molar-refractivity contribution in [1.29, 1.82) is 0 Å². The molecule has 3 atom stereocenters. The van der Waals surface area contributed by atoms with Crippen LogP contribution >= 0.6 is 0 Å². The molecule has 0 aromatic heterocycles. The summed E-state index contributed by atoms with van der Waals surface area (Å²) in [5, 5.41) is 17.3. The van der Waals surface area contributed by atoms with Crippen LogP contribution in [0.25, 0.3) is 0 Å². The molecule has 4 amide bonds. The number of phenolic OH excluding ortho intramolecular Hbond substituents is 1. The minimum absolute atomic E-state index is 0.0622. The molecule has 1 heterocycles. The van der Waals surface area contributed by atoms with Crippen LogP contribution in [0.1, 0.15) is 58.1 Å². The summed E-state index contributed by atoms with van der Waals surface area (Å²) in [4.78, 5) is 39.2. The number of carbonyl (C=O) groups is 3. The number of anilines is 1. The maximum absolute atomic E-state index is 13.8. The van der Waals surface area contributed by atoms with Crippen molar-refractivity contribution in [1.82, 2.24) is 15.5 Å². The number of nitrogens with one attached hydrogen (secondary N) is 3. The molecule has 0 bridgehead atoms. The molecule has 41 heavy (non-hydrogen) atoms. The summed E-state index contributed by atoms with van der Waals surface area (Å²) in [5.41, 5.74) is -0.828. The maximum atomic E-state index is 13.8. The van der Waals surface area contributed by atoms with Gasteiger partial charge >= 0.3 is 18.3 Å². The number of alkyl carbamates (subject to hydrolysis) is 1. The van der Waals surface area contributed by atoms with Gasteiger partial charge in [-0.2, -0.15) is 13.2 Å². The van der Waals surface area contributed by atoms with Gasteiger partial charge < -0.3 is 35.4 Å². The van der Waals surface area contributed by atoms with Gasteiger partial charge in [0.05, 0.1) is 24.9 Å². The highest BCUT2D eigenvalue weighted by molar-refractivity contribution is 5.98. The average molecular weight is 595 g/mol. The number of methoxy groups -OCH3 is 1. The molecule has 2 aliphatic rings. The zero-order valence-corrected chi connectivity index (χ0v) is 23.1. The second-order valence-electron chi connectivity index (χ2n) is 11.3. The Morgan fingerprint density at radius 3 is 2.37 bits per heavy atom. The number of hydrogen-bond acceptors (Lipinski definition) is 6. The fraction of sp³-hybridized carbons (Fsp3) is 0.654.